The summed E-state index contributed by atoms with van der Waals surface area (Å²) in [6.45, 7) is 15.8. The molecule has 0 aliphatic heterocycles. The predicted octanol–water partition coefficient (Wildman–Crippen LogP) is 7.99. The van der Waals surface area contributed by atoms with Gasteiger partial charge in [-0.2, -0.15) is 13.2 Å². The van der Waals surface area contributed by atoms with Crippen molar-refractivity contribution in [1.29, 1.82) is 0 Å². The van der Waals surface area contributed by atoms with Crippen molar-refractivity contribution in [1.82, 2.24) is 5.32 Å². The number of carbonyl (C=O) groups excluding carboxylic acids is 2. The highest BCUT2D eigenvalue weighted by Gasteiger charge is 2.69. The van der Waals surface area contributed by atoms with Crippen LogP contribution in [-0.4, -0.2) is 18.0 Å². The molecule has 0 radical (unpaired) electrons. The first kappa shape index (κ1) is 27.2. The number of ketones is 1. The average molecular weight is 522 g/mol. The van der Waals surface area contributed by atoms with Crippen LogP contribution in [0.3, 0.4) is 0 Å². The zero-order valence-electron chi connectivity index (χ0n) is 23.8. The topological polar surface area (TPSA) is 46.2 Å². The van der Waals surface area contributed by atoms with Crippen LogP contribution in [-0.2, 0) is 9.59 Å². The molecular formula is C31H46F3NO2. The Bertz CT molecular complexity index is 1050. The Morgan fingerprint density at radius 1 is 0.919 bits per heavy atom. The number of halogens is 3. The molecule has 1 amide bonds. The molecule has 0 aromatic carbocycles. The van der Waals surface area contributed by atoms with E-state index in [-0.39, 0.29) is 44.7 Å². The van der Waals surface area contributed by atoms with Gasteiger partial charge in [-0.25, -0.2) is 0 Å². The first-order chi connectivity index (χ1) is 16.8. The van der Waals surface area contributed by atoms with E-state index >= 15 is 0 Å². The Hall–Kier alpha value is -1.33. The molecule has 5 rings (SSSR count). The second kappa shape index (κ2) is 7.87. The number of rotatable bonds is 1. The summed E-state index contributed by atoms with van der Waals surface area (Å²) in [7, 11) is 0. The average Bonchev–Trinajstić information content (AvgIpc) is 2.74. The van der Waals surface area contributed by atoms with E-state index in [1.54, 1.807) is 6.92 Å². The van der Waals surface area contributed by atoms with Gasteiger partial charge in [0, 0.05) is 11.3 Å². The molecule has 4 fully saturated rings. The maximum absolute atomic E-state index is 14.3. The molecular weight excluding hydrogens is 475 g/mol. The van der Waals surface area contributed by atoms with Crippen LogP contribution in [0.5, 0.6) is 0 Å². The van der Waals surface area contributed by atoms with Gasteiger partial charge in [0.15, 0.2) is 5.78 Å². The quantitative estimate of drug-likeness (QED) is 0.355. The van der Waals surface area contributed by atoms with E-state index in [0.29, 0.717) is 25.2 Å². The fourth-order valence-electron chi connectivity index (χ4n) is 10.8. The molecule has 0 spiro atoms. The van der Waals surface area contributed by atoms with Crippen molar-refractivity contribution in [2.45, 2.75) is 119 Å². The van der Waals surface area contributed by atoms with Crippen molar-refractivity contribution in [2.24, 2.45) is 50.2 Å². The van der Waals surface area contributed by atoms with Crippen molar-refractivity contribution in [3.05, 3.63) is 11.6 Å². The standard InChI is InChI=1S/C31H46F3NO2/c1-25(2)10-8-11-28(5)22(25)9-12-30(7)23(28)21(36)17-19-20-18-27(4,24(37)35-31(32,33)34)14-13-26(20,3)15-16-29(19,30)6/h17,20,22-23H,8-16,18H2,1-7H3,(H,35,37)/t20-,22?,23-,26-,27?,28+,29-,30-/m1/s1. The molecule has 0 bridgehead atoms. The monoisotopic (exact) mass is 521 g/mol. The van der Waals surface area contributed by atoms with Gasteiger partial charge in [0.2, 0.25) is 5.91 Å². The van der Waals surface area contributed by atoms with Gasteiger partial charge in [-0.15, -0.1) is 0 Å². The summed E-state index contributed by atoms with van der Waals surface area (Å²) in [5.41, 5.74) is -0.252. The van der Waals surface area contributed by atoms with Gasteiger partial charge < -0.3 is 0 Å². The zero-order valence-corrected chi connectivity index (χ0v) is 23.8. The van der Waals surface area contributed by atoms with E-state index in [0.717, 1.165) is 44.1 Å². The minimum atomic E-state index is -4.73. The number of hydrogen-bond acceptors (Lipinski definition) is 2. The van der Waals surface area contributed by atoms with Gasteiger partial charge in [-0.3, -0.25) is 14.9 Å². The Labute approximate surface area is 220 Å². The lowest BCUT2D eigenvalue weighted by Gasteiger charge is -2.70. The summed E-state index contributed by atoms with van der Waals surface area (Å²) in [4.78, 5) is 27.1. The summed E-state index contributed by atoms with van der Waals surface area (Å²) in [6, 6.07) is 0. The van der Waals surface area contributed by atoms with Gasteiger partial charge in [0.05, 0.1) is 0 Å². The van der Waals surface area contributed by atoms with Crippen LogP contribution in [0.1, 0.15) is 113 Å². The third-order valence-electron chi connectivity index (χ3n) is 13.1. The lowest BCUT2D eigenvalue weighted by atomic mass is 9.33. The molecule has 0 heterocycles. The Kier molecular flexibility index (Phi) is 5.80. The summed E-state index contributed by atoms with van der Waals surface area (Å²) in [6.07, 6.45) is 6.30. The zero-order chi connectivity index (χ0) is 27.4. The number of fused-ring (bicyclic) bond motifs is 7. The van der Waals surface area contributed by atoms with Gasteiger partial charge >= 0.3 is 6.30 Å². The lowest BCUT2D eigenvalue weighted by molar-refractivity contribution is -0.187. The first-order valence-corrected chi connectivity index (χ1v) is 14.5. The summed E-state index contributed by atoms with van der Waals surface area (Å²) >= 11 is 0. The van der Waals surface area contributed by atoms with E-state index < -0.39 is 17.6 Å². The number of alkyl halides is 3. The van der Waals surface area contributed by atoms with Gasteiger partial charge in [0.1, 0.15) is 0 Å². The number of amides is 1. The first-order valence-electron chi connectivity index (χ1n) is 14.5. The van der Waals surface area contributed by atoms with E-state index in [1.165, 1.54) is 11.7 Å². The molecule has 1 N–H and O–H groups in total. The predicted molar refractivity (Wildman–Crippen MR) is 138 cm³/mol. The summed E-state index contributed by atoms with van der Waals surface area (Å²) in [5, 5.41) is 1.30. The van der Waals surface area contributed by atoms with E-state index in [4.69, 9.17) is 0 Å². The fraction of sp³-hybridized carbons (Fsp3) is 0.871. The van der Waals surface area contributed by atoms with Crippen molar-refractivity contribution < 1.29 is 22.8 Å². The van der Waals surface area contributed by atoms with Crippen LogP contribution in [0.25, 0.3) is 0 Å². The van der Waals surface area contributed by atoms with Crippen LogP contribution < -0.4 is 5.32 Å². The second-order valence-corrected chi connectivity index (χ2v) is 15.5. The van der Waals surface area contributed by atoms with E-state index in [9.17, 15) is 22.8 Å². The Balaban J connectivity index is 1.57. The molecule has 4 saturated carbocycles. The van der Waals surface area contributed by atoms with Crippen LogP contribution in [0.4, 0.5) is 13.2 Å². The fourth-order valence-corrected chi connectivity index (χ4v) is 10.8. The van der Waals surface area contributed by atoms with Crippen molar-refractivity contribution in [3.8, 4) is 0 Å². The normalized spacial score (nSPS) is 49.1. The maximum Gasteiger partial charge on any atom is 0.484 e. The Morgan fingerprint density at radius 3 is 2.22 bits per heavy atom. The molecule has 2 unspecified atom stereocenters. The smallest absolute Gasteiger partial charge is 0.295 e. The number of hydrogen-bond donors (Lipinski definition) is 1. The van der Waals surface area contributed by atoms with Gasteiger partial charge in [0.25, 0.3) is 0 Å². The second-order valence-electron chi connectivity index (χ2n) is 15.5. The third-order valence-corrected chi connectivity index (χ3v) is 13.1. The van der Waals surface area contributed by atoms with E-state index in [1.807, 2.05) is 6.08 Å². The highest BCUT2D eigenvalue weighted by Crippen LogP contribution is 2.75. The van der Waals surface area contributed by atoms with Crippen LogP contribution in [0.15, 0.2) is 11.6 Å². The minimum absolute atomic E-state index is 0.0278. The van der Waals surface area contributed by atoms with Crippen LogP contribution in [0.2, 0.25) is 0 Å². The molecule has 208 valence electrons. The number of nitrogens with one attached hydrogen (secondary N) is 1. The maximum atomic E-state index is 14.3. The number of allylic oxidation sites excluding steroid dienone is 2. The van der Waals surface area contributed by atoms with Gasteiger partial charge in [-0.1, -0.05) is 60.5 Å². The van der Waals surface area contributed by atoms with E-state index in [2.05, 4.69) is 41.5 Å². The van der Waals surface area contributed by atoms with Crippen LogP contribution >= 0.6 is 0 Å². The summed E-state index contributed by atoms with van der Waals surface area (Å²) < 4.78 is 39.3. The van der Waals surface area contributed by atoms with Crippen molar-refractivity contribution in [3.63, 3.8) is 0 Å². The van der Waals surface area contributed by atoms with Crippen molar-refractivity contribution in [2.75, 3.05) is 0 Å². The summed E-state index contributed by atoms with van der Waals surface area (Å²) in [5.74, 6) is -0.263. The minimum Gasteiger partial charge on any atom is -0.295 e. The van der Waals surface area contributed by atoms with Gasteiger partial charge in [-0.05, 0) is 103 Å². The Morgan fingerprint density at radius 2 is 1.57 bits per heavy atom. The molecule has 0 aromatic rings. The molecule has 6 heteroatoms. The molecule has 0 aromatic heterocycles. The third kappa shape index (κ3) is 3.72. The highest BCUT2D eigenvalue weighted by molar-refractivity contribution is 5.95. The molecule has 0 saturated heterocycles. The number of carbonyl (C=O) groups is 2. The molecule has 5 aliphatic rings. The van der Waals surface area contributed by atoms with Crippen molar-refractivity contribution >= 4 is 11.7 Å². The largest absolute Gasteiger partial charge is 0.484 e. The lowest BCUT2D eigenvalue weighted by Crippen LogP contribution is -2.65. The molecule has 5 aliphatic carbocycles. The molecule has 37 heavy (non-hydrogen) atoms. The SMILES string of the molecule is CC1(C(=O)NC(F)(F)F)CC[C@]2(C)CC[C@]3(C)C(=CC(=O)[C@@H]4[C@@]5(C)CCCC(C)(C)C5CC[C@]43C)[C@H]2C1. The van der Waals surface area contributed by atoms with Crippen LogP contribution in [0, 0.1) is 50.2 Å². The molecule has 8 atom stereocenters. The molecule has 3 nitrogen and oxygen atoms in total. The highest BCUT2D eigenvalue weighted by atomic mass is 19.4.